The summed E-state index contributed by atoms with van der Waals surface area (Å²) in [5.41, 5.74) is 2.56. The predicted molar refractivity (Wildman–Crippen MR) is 165 cm³/mol. The van der Waals surface area contributed by atoms with Gasteiger partial charge in [0.25, 0.3) is 5.78 Å². The number of hydrogen-bond acceptors (Lipinski definition) is 9. The number of anilines is 1. The number of methoxy groups -OCH3 is 1. The monoisotopic (exact) mass is 600 g/mol. The van der Waals surface area contributed by atoms with Gasteiger partial charge in [-0.1, -0.05) is 24.3 Å². The van der Waals surface area contributed by atoms with Gasteiger partial charge in [0, 0.05) is 12.0 Å². The Hall–Kier alpha value is -4.57. The van der Waals surface area contributed by atoms with Crippen LogP contribution in [-0.2, 0) is 16.0 Å². The fourth-order valence-corrected chi connectivity index (χ4v) is 6.51. The number of aromatic nitrogens is 1. The molecular formula is C33H32N2O7S. The number of ketones is 1. The number of rotatable bonds is 9. The van der Waals surface area contributed by atoms with E-state index in [1.165, 1.54) is 16.2 Å². The lowest BCUT2D eigenvalue weighted by Crippen LogP contribution is -2.29. The maximum absolute atomic E-state index is 13.8. The molecule has 10 heteroatoms. The quantitative estimate of drug-likeness (QED) is 0.133. The molecule has 2 atom stereocenters. The van der Waals surface area contributed by atoms with Crippen molar-refractivity contribution in [1.29, 1.82) is 0 Å². The third-order valence-corrected chi connectivity index (χ3v) is 8.47. The molecule has 9 nitrogen and oxygen atoms in total. The third kappa shape index (κ3) is 5.16. The Balaban J connectivity index is 1.53. The number of aliphatic hydroxyl groups is 1. The number of amides is 1. The van der Waals surface area contributed by atoms with Gasteiger partial charge in [0.2, 0.25) is 0 Å². The second kappa shape index (κ2) is 11.6. The summed E-state index contributed by atoms with van der Waals surface area (Å²) in [5, 5.41) is 12.0. The van der Waals surface area contributed by atoms with E-state index in [9.17, 15) is 14.7 Å². The van der Waals surface area contributed by atoms with Crippen LogP contribution in [0, 0.1) is 0 Å². The highest BCUT2D eigenvalue weighted by Gasteiger charge is 2.48. The zero-order valence-corrected chi connectivity index (χ0v) is 25.2. The van der Waals surface area contributed by atoms with Gasteiger partial charge in [0.15, 0.2) is 16.6 Å². The number of benzene rings is 3. The first-order valence-electron chi connectivity index (χ1n) is 14.3. The fourth-order valence-electron chi connectivity index (χ4n) is 5.49. The molecular weight excluding hydrogens is 568 g/mol. The Morgan fingerprint density at radius 1 is 1.07 bits per heavy atom. The van der Waals surface area contributed by atoms with E-state index >= 15 is 0 Å². The molecule has 1 fully saturated rings. The zero-order chi connectivity index (χ0) is 30.2. The van der Waals surface area contributed by atoms with Crippen LogP contribution in [0.25, 0.3) is 16.0 Å². The van der Waals surface area contributed by atoms with Crippen molar-refractivity contribution in [1.82, 2.24) is 4.98 Å². The van der Waals surface area contributed by atoms with Crippen molar-refractivity contribution in [3.63, 3.8) is 0 Å². The molecule has 0 bridgehead atoms. The molecule has 2 aliphatic heterocycles. The highest BCUT2D eigenvalue weighted by Crippen LogP contribution is 2.46. The van der Waals surface area contributed by atoms with E-state index in [1.54, 1.807) is 49.6 Å². The molecule has 43 heavy (non-hydrogen) atoms. The summed E-state index contributed by atoms with van der Waals surface area (Å²) in [7, 11) is 1.58. The Kier molecular flexibility index (Phi) is 7.70. The van der Waals surface area contributed by atoms with E-state index in [4.69, 9.17) is 23.9 Å². The number of ether oxygens (including phenoxy) is 4. The molecule has 2 aliphatic rings. The maximum atomic E-state index is 13.8. The summed E-state index contributed by atoms with van der Waals surface area (Å²) in [5.74, 6) is 0.602. The molecule has 0 saturated carbocycles. The molecule has 3 heterocycles. The van der Waals surface area contributed by atoms with E-state index in [1.807, 2.05) is 32.9 Å². The highest BCUT2D eigenvalue weighted by atomic mass is 32.1. The SMILES string of the molecule is CCCOc1ccc([C@H]2C(=C(O)c3ccc4c(c3)C[C@H](C)O4)C(=O)C(=O)N2c2nc3ccc(OC)cc3s2)cc1OCC. The largest absolute Gasteiger partial charge is 0.507 e. The van der Waals surface area contributed by atoms with E-state index in [0.29, 0.717) is 58.7 Å². The van der Waals surface area contributed by atoms with Crippen LogP contribution in [0.5, 0.6) is 23.0 Å². The number of hydrogen-bond donors (Lipinski definition) is 1. The lowest BCUT2D eigenvalue weighted by molar-refractivity contribution is -0.132. The summed E-state index contributed by atoms with van der Waals surface area (Å²) in [6.45, 7) is 6.76. The van der Waals surface area contributed by atoms with Gasteiger partial charge < -0.3 is 24.1 Å². The molecule has 0 radical (unpaired) electrons. The van der Waals surface area contributed by atoms with Gasteiger partial charge in [-0.2, -0.15) is 0 Å². The Bertz CT molecular complexity index is 1760. The summed E-state index contributed by atoms with van der Waals surface area (Å²) < 4.78 is 23.8. The van der Waals surface area contributed by atoms with Crippen LogP contribution in [-0.4, -0.2) is 48.2 Å². The average molecular weight is 601 g/mol. The number of nitrogens with zero attached hydrogens (tertiary/aromatic N) is 2. The maximum Gasteiger partial charge on any atom is 0.301 e. The average Bonchev–Trinajstić information content (AvgIpc) is 3.67. The summed E-state index contributed by atoms with van der Waals surface area (Å²) in [4.78, 5) is 33.6. The lowest BCUT2D eigenvalue weighted by Gasteiger charge is -2.24. The Labute approximate surface area is 253 Å². The number of fused-ring (bicyclic) bond motifs is 2. The molecule has 1 N–H and O–H groups in total. The van der Waals surface area contributed by atoms with Crippen LogP contribution in [0.15, 0.2) is 60.2 Å². The van der Waals surface area contributed by atoms with Crippen LogP contribution < -0.4 is 23.8 Å². The van der Waals surface area contributed by atoms with Crippen LogP contribution in [0.1, 0.15) is 49.9 Å². The first-order valence-corrected chi connectivity index (χ1v) is 15.1. The number of Topliss-reactive ketones (excluding diaryl/α,β-unsaturated/α-hetero) is 1. The summed E-state index contributed by atoms with van der Waals surface area (Å²) >= 11 is 1.27. The first kappa shape index (κ1) is 28.5. The van der Waals surface area contributed by atoms with Crippen molar-refractivity contribution in [3.8, 4) is 23.0 Å². The van der Waals surface area contributed by atoms with E-state index in [-0.39, 0.29) is 17.4 Å². The van der Waals surface area contributed by atoms with Gasteiger partial charge in [0.1, 0.15) is 23.4 Å². The number of thiazole rings is 1. The van der Waals surface area contributed by atoms with E-state index < -0.39 is 17.7 Å². The van der Waals surface area contributed by atoms with Gasteiger partial charge in [-0.25, -0.2) is 4.98 Å². The van der Waals surface area contributed by atoms with Crippen molar-refractivity contribution in [2.75, 3.05) is 25.2 Å². The Morgan fingerprint density at radius 2 is 1.91 bits per heavy atom. The standard InChI is InChI=1S/C33H32N2O7S/c1-5-13-41-25-12-7-19(16-26(25)40-6-2)29-28(30(36)20-8-11-24-21(15-20)14-18(3)42-24)31(37)32(38)35(29)33-34-23-10-9-22(39-4)17-27(23)43-33/h7-12,15-18,29,36H,5-6,13-14H2,1-4H3/t18-,29-/m0/s1. The minimum Gasteiger partial charge on any atom is -0.507 e. The zero-order valence-electron chi connectivity index (χ0n) is 24.4. The molecule has 0 aliphatic carbocycles. The minimum absolute atomic E-state index is 0.0149. The molecule has 222 valence electrons. The number of aliphatic hydroxyl groups excluding tert-OH is 1. The predicted octanol–water partition coefficient (Wildman–Crippen LogP) is 6.44. The molecule has 1 aromatic heterocycles. The topological polar surface area (TPSA) is 107 Å². The summed E-state index contributed by atoms with van der Waals surface area (Å²) in [6, 6.07) is 15.1. The lowest BCUT2D eigenvalue weighted by atomic mass is 9.94. The molecule has 4 aromatic rings. The summed E-state index contributed by atoms with van der Waals surface area (Å²) in [6.07, 6.45) is 1.52. The van der Waals surface area contributed by atoms with Crippen molar-refractivity contribution < 1.29 is 33.6 Å². The molecule has 0 spiro atoms. The molecule has 1 saturated heterocycles. The molecule has 1 amide bonds. The van der Waals surface area contributed by atoms with Gasteiger partial charge >= 0.3 is 5.91 Å². The van der Waals surface area contributed by atoms with Gasteiger partial charge in [-0.05, 0) is 79.9 Å². The minimum atomic E-state index is -0.967. The molecule has 3 aromatic carbocycles. The fraction of sp³-hybridized carbons (Fsp3) is 0.303. The van der Waals surface area contributed by atoms with Crippen LogP contribution in [0.2, 0.25) is 0 Å². The van der Waals surface area contributed by atoms with Gasteiger partial charge in [-0.3, -0.25) is 14.5 Å². The van der Waals surface area contributed by atoms with Crippen molar-refractivity contribution in [2.45, 2.75) is 45.8 Å². The number of carbonyl (C=O) groups is 2. The first-order chi connectivity index (χ1) is 20.8. The third-order valence-electron chi connectivity index (χ3n) is 7.45. The van der Waals surface area contributed by atoms with Crippen molar-refractivity contribution in [3.05, 3.63) is 76.9 Å². The van der Waals surface area contributed by atoms with Crippen LogP contribution in [0.3, 0.4) is 0 Å². The van der Waals surface area contributed by atoms with Crippen molar-refractivity contribution in [2.24, 2.45) is 0 Å². The second-order valence-corrected chi connectivity index (χ2v) is 11.5. The highest BCUT2D eigenvalue weighted by molar-refractivity contribution is 7.22. The van der Waals surface area contributed by atoms with Crippen LogP contribution >= 0.6 is 11.3 Å². The molecule has 0 unspecified atom stereocenters. The van der Waals surface area contributed by atoms with E-state index in [0.717, 1.165) is 22.4 Å². The molecule has 6 rings (SSSR count). The normalized spacial score (nSPS) is 19.0. The van der Waals surface area contributed by atoms with Crippen LogP contribution in [0.4, 0.5) is 5.13 Å². The van der Waals surface area contributed by atoms with Gasteiger partial charge in [-0.15, -0.1) is 0 Å². The Morgan fingerprint density at radius 3 is 2.67 bits per heavy atom. The number of carbonyl (C=O) groups excluding carboxylic acids is 2. The van der Waals surface area contributed by atoms with Crippen molar-refractivity contribution >= 4 is 44.1 Å². The van der Waals surface area contributed by atoms with E-state index in [2.05, 4.69) is 0 Å². The van der Waals surface area contributed by atoms with Gasteiger partial charge in [0.05, 0.1) is 42.2 Å². The smallest absolute Gasteiger partial charge is 0.301 e. The second-order valence-electron chi connectivity index (χ2n) is 10.4.